The van der Waals surface area contributed by atoms with Crippen LogP contribution in [-0.4, -0.2) is 75.4 Å². The van der Waals surface area contributed by atoms with Crippen molar-refractivity contribution in [3.05, 3.63) is 29.3 Å². The van der Waals surface area contributed by atoms with Crippen LogP contribution in [0.2, 0.25) is 5.02 Å². The molecule has 0 unspecified atom stereocenters. The number of aliphatic hydroxyl groups is 1. The van der Waals surface area contributed by atoms with Crippen LogP contribution in [0.1, 0.15) is 44.9 Å². The van der Waals surface area contributed by atoms with E-state index >= 15 is 0 Å². The van der Waals surface area contributed by atoms with E-state index in [0.29, 0.717) is 37.3 Å². The fourth-order valence-electron chi connectivity index (χ4n) is 4.28. The van der Waals surface area contributed by atoms with Crippen LogP contribution in [0.15, 0.2) is 29.2 Å². The summed E-state index contributed by atoms with van der Waals surface area (Å²) in [5.41, 5.74) is 0. The van der Waals surface area contributed by atoms with Crippen molar-refractivity contribution in [1.82, 2.24) is 14.9 Å². The lowest BCUT2D eigenvalue weighted by Gasteiger charge is -2.36. The first kappa shape index (κ1) is 25.4. The highest BCUT2D eigenvalue weighted by atomic mass is 35.5. The molecule has 1 aromatic carbocycles. The average Bonchev–Trinajstić information content (AvgIpc) is 2.79. The number of halogens is 1. The van der Waals surface area contributed by atoms with Gasteiger partial charge in [-0.25, -0.2) is 13.1 Å². The molecule has 0 aliphatic carbocycles. The number of piperidine rings is 1. The molecule has 0 bridgehead atoms. The van der Waals surface area contributed by atoms with Gasteiger partial charge >= 0.3 is 0 Å². The summed E-state index contributed by atoms with van der Waals surface area (Å²) in [5, 5.41) is 13.0. The van der Waals surface area contributed by atoms with Crippen LogP contribution in [0.3, 0.4) is 0 Å². The lowest BCUT2D eigenvalue weighted by atomic mass is 9.98. The van der Waals surface area contributed by atoms with Crippen molar-refractivity contribution in [3.63, 3.8) is 0 Å². The SMILES string of the molecule is O=C(CCN1CCCCC1)NCC[C@H]1CC[C@@H](NS(=O)(=O)c2cccc(Cl)c2)[C@@H](CO)O1. The Morgan fingerprint density at radius 1 is 1.22 bits per heavy atom. The molecular weight excluding hydrogens is 454 g/mol. The number of carbonyl (C=O) groups excluding carboxylic acids is 1. The monoisotopic (exact) mass is 487 g/mol. The van der Waals surface area contributed by atoms with Gasteiger partial charge in [-0.3, -0.25) is 4.79 Å². The molecule has 8 nitrogen and oxygen atoms in total. The Morgan fingerprint density at radius 2 is 2.00 bits per heavy atom. The predicted molar refractivity (Wildman–Crippen MR) is 123 cm³/mol. The Balaban J connectivity index is 1.40. The van der Waals surface area contributed by atoms with Crippen molar-refractivity contribution in [2.24, 2.45) is 0 Å². The minimum absolute atomic E-state index is 0.0391. The summed E-state index contributed by atoms with van der Waals surface area (Å²) in [6.07, 6.45) is 5.23. The number of ether oxygens (including phenoxy) is 1. The normalized spacial score (nSPS) is 24.9. The van der Waals surface area contributed by atoms with Gasteiger partial charge in [-0.15, -0.1) is 0 Å². The van der Waals surface area contributed by atoms with Gasteiger partial charge in [0.1, 0.15) is 0 Å². The number of nitrogens with zero attached hydrogens (tertiary/aromatic N) is 1. The van der Waals surface area contributed by atoms with E-state index < -0.39 is 22.2 Å². The van der Waals surface area contributed by atoms with Gasteiger partial charge in [-0.2, -0.15) is 0 Å². The van der Waals surface area contributed by atoms with E-state index in [2.05, 4.69) is 14.9 Å². The number of likely N-dealkylation sites (tertiary alicyclic amines) is 1. The maximum Gasteiger partial charge on any atom is 0.240 e. The van der Waals surface area contributed by atoms with Crippen LogP contribution < -0.4 is 10.0 Å². The Labute approximate surface area is 195 Å². The molecule has 2 saturated heterocycles. The van der Waals surface area contributed by atoms with Crippen LogP contribution in [0.25, 0.3) is 0 Å². The maximum absolute atomic E-state index is 12.7. The molecule has 2 aliphatic heterocycles. The first-order chi connectivity index (χ1) is 15.4. The summed E-state index contributed by atoms with van der Waals surface area (Å²) in [6, 6.07) is 5.52. The molecule has 3 atom stereocenters. The summed E-state index contributed by atoms with van der Waals surface area (Å²) in [7, 11) is -3.77. The first-order valence-electron chi connectivity index (χ1n) is 11.4. The van der Waals surface area contributed by atoms with E-state index in [4.69, 9.17) is 16.3 Å². The molecular formula is C22H34ClN3O5S. The molecule has 0 aromatic heterocycles. The summed E-state index contributed by atoms with van der Waals surface area (Å²) in [5.74, 6) is 0.0391. The summed E-state index contributed by atoms with van der Waals surface area (Å²) in [6.45, 7) is 3.16. The van der Waals surface area contributed by atoms with E-state index in [1.165, 1.54) is 31.4 Å². The van der Waals surface area contributed by atoms with Crippen molar-refractivity contribution < 1.29 is 23.1 Å². The molecule has 2 aliphatic rings. The van der Waals surface area contributed by atoms with E-state index in [0.717, 1.165) is 19.6 Å². The molecule has 3 rings (SSSR count). The summed E-state index contributed by atoms with van der Waals surface area (Å²) >= 11 is 5.91. The van der Waals surface area contributed by atoms with E-state index in [1.807, 2.05) is 0 Å². The van der Waals surface area contributed by atoms with Crippen molar-refractivity contribution in [2.45, 2.75) is 68.1 Å². The lowest BCUT2D eigenvalue weighted by Crippen LogP contribution is -2.51. The zero-order valence-electron chi connectivity index (χ0n) is 18.3. The number of carbonyl (C=O) groups is 1. The van der Waals surface area contributed by atoms with E-state index in [9.17, 15) is 18.3 Å². The van der Waals surface area contributed by atoms with Gasteiger partial charge < -0.3 is 20.1 Å². The van der Waals surface area contributed by atoms with Crippen LogP contribution in [0.5, 0.6) is 0 Å². The van der Waals surface area contributed by atoms with Gasteiger partial charge in [0.25, 0.3) is 0 Å². The molecule has 2 fully saturated rings. The maximum atomic E-state index is 12.7. The quantitative estimate of drug-likeness (QED) is 0.465. The van der Waals surface area contributed by atoms with E-state index in [1.54, 1.807) is 12.1 Å². The van der Waals surface area contributed by atoms with Crippen LogP contribution in [0, 0.1) is 0 Å². The summed E-state index contributed by atoms with van der Waals surface area (Å²) < 4.78 is 33.9. The van der Waals surface area contributed by atoms with Gasteiger partial charge in [-0.1, -0.05) is 24.1 Å². The topological polar surface area (TPSA) is 108 Å². The number of nitrogens with one attached hydrogen (secondary N) is 2. The molecule has 0 radical (unpaired) electrons. The Bertz CT molecular complexity index is 848. The van der Waals surface area contributed by atoms with Gasteiger partial charge in [0.2, 0.25) is 15.9 Å². The number of hydrogen-bond acceptors (Lipinski definition) is 6. The van der Waals surface area contributed by atoms with Gasteiger partial charge in [0.05, 0.1) is 29.8 Å². The minimum Gasteiger partial charge on any atom is -0.394 e. The van der Waals surface area contributed by atoms with Crippen LogP contribution >= 0.6 is 11.6 Å². The highest BCUT2D eigenvalue weighted by Gasteiger charge is 2.34. The molecule has 0 saturated carbocycles. The second-order valence-electron chi connectivity index (χ2n) is 8.53. The zero-order chi connectivity index (χ0) is 23.0. The minimum atomic E-state index is -3.77. The van der Waals surface area contributed by atoms with Crippen molar-refractivity contribution >= 4 is 27.5 Å². The summed E-state index contributed by atoms with van der Waals surface area (Å²) in [4.78, 5) is 14.5. The van der Waals surface area contributed by atoms with Crippen molar-refractivity contribution in [1.29, 1.82) is 0 Å². The molecule has 1 aromatic rings. The highest BCUT2D eigenvalue weighted by molar-refractivity contribution is 7.89. The average molecular weight is 488 g/mol. The van der Waals surface area contributed by atoms with Gasteiger partial charge in [0, 0.05) is 24.5 Å². The Kier molecular flexibility index (Phi) is 9.76. The van der Waals surface area contributed by atoms with Crippen molar-refractivity contribution in [2.75, 3.05) is 32.8 Å². The fraction of sp³-hybridized carbons (Fsp3) is 0.682. The standard InChI is InChI=1S/C22H34ClN3O5S/c23-17-5-4-6-19(15-17)32(29,30)25-20-8-7-18(31-21(20)16-27)9-11-24-22(28)10-14-26-12-2-1-3-13-26/h4-6,15,18,20-21,25,27H,1-3,7-14,16H2,(H,24,28)/t18-,20-,21-/m1/s1. The largest absolute Gasteiger partial charge is 0.394 e. The predicted octanol–water partition coefficient (Wildman–Crippen LogP) is 1.91. The number of rotatable bonds is 10. The van der Waals surface area contributed by atoms with Crippen LogP contribution in [-0.2, 0) is 19.6 Å². The van der Waals surface area contributed by atoms with Gasteiger partial charge in [0.15, 0.2) is 0 Å². The number of hydrogen-bond donors (Lipinski definition) is 3. The smallest absolute Gasteiger partial charge is 0.240 e. The third kappa shape index (κ3) is 7.67. The second kappa shape index (κ2) is 12.3. The third-order valence-corrected chi connectivity index (χ3v) is 7.82. The third-order valence-electron chi connectivity index (χ3n) is 6.10. The second-order valence-corrected chi connectivity index (χ2v) is 10.7. The number of sulfonamides is 1. The molecule has 0 spiro atoms. The Morgan fingerprint density at radius 3 is 2.72 bits per heavy atom. The molecule has 1 amide bonds. The zero-order valence-corrected chi connectivity index (χ0v) is 19.9. The number of benzene rings is 1. The number of amides is 1. The molecule has 10 heteroatoms. The molecule has 32 heavy (non-hydrogen) atoms. The van der Waals surface area contributed by atoms with E-state index in [-0.39, 0.29) is 23.5 Å². The van der Waals surface area contributed by atoms with Gasteiger partial charge in [-0.05, 0) is 63.4 Å². The molecule has 180 valence electrons. The fourth-order valence-corrected chi connectivity index (χ4v) is 5.88. The molecule has 2 heterocycles. The van der Waals surface area contributed by atoms with Crippen molar-refractivity contribution in [3.8, 4) is 0 Å². The number of aliphatic hydroxyl groups excluding tert-OH is 1. The molecule has 3 N–H and O–H groups in total. The highest BCUT2D eigenvalue weighted by Crippen LogP contribution is 2.24. The lowest BCUT2D eigenvalue weighted by molar-refractivity contribution is -0.122. The van der Waals surface area contributed by atoms with Crippen LogP contribution in [0.4, 0.5) is 0 Å². The first-order valence-corrected chi connectivity index (χ1v) is 13.3. The Hall–Kier alpha value is -1.23.